The Labute approximate surface area is 201 Å². The smallest absolute Gasteiger partial charge is 0.166 e. The van der Waals surface area contributed by atoms with Crippen molar-refractivity contribution in [2.45, 2.75) is 44.9 Å². The van der Waals surface area contributed by atoms with Crippen molar-refractivity contribution in [3.8, 4) is 28.3 Å². The second-order valence-electron chi connectivity index (χ2n) is 9.00. The van der Waals surface area contributed by atoms with Gasteiger partial charge in [0, 0.05) is 55.1 Å². The highest BCUT2D eigenvalue weighted by Gasteiger charge is 2.42. The van der Waals surface area contributed by atoms with Gasteiger partial charge in [-0.3, -0.25) is 4.68 Å². The van der Waals surface area contributed by atoms with Crippen molar-refractivity contribution < 1.29 is 13.9 Å². The minimum Gasteiger partial charge on any atom is -0.482 e. The number of anilines is 1. The number of hydrogen-bond acceptors (Lipinski definition) is 7. The summed E-state index contributed by atoms with van der Waals surface area (Å²) in [6.07, 6.45) is 1.71. The molecule has 0 saturated carbocycles. The van der Waals surface area contributed by atoms with Gasteiger partial charge in [0.25, 0.3) is 0 Å². The molecule has 1 aromatic carbocycles. The molecule has 0 fully saturated rings. The van der Waals surface area contributed by atoms with Crippen LogP contribution in [0.15, 0.2) is 30.5 Å². The number of halogens is 1. The van der Waals surface area contributed by atoms with Crippen molar-refractivity contribution in [3.05, 3.63) is 58.8 Å². The Balaban J connectivity index is 1.72. The van der Waals surface area contributed by atoms with Crippen LogP contribution in [-0.2, 0) is 18.3 Å². The van der Waals surface area contributed by atoms with Crippen LogP contribution in [-0.4, -0.2) is 36.9 Å². The Kier molecular flexibility index (Phi) is 4.89. The molecule has 9 nitrogen and oxygen atoms in total. The largest absolute Gasteiger partial charge is 0.482 e. The summed E-state index contributed by atoms with van der Waals surface area (Å²) in [5, 5.41) is 14.5. The lowest BCUT2D eigenvalue weighted by Gasteiger charge is -2.22. The van der Waals surface area contributed by atoms with Crippen LogP contribution in [0.4, 0.5) is 10.2 Å². The van der Waals surface area contributed by atoms with Gasteiger partial charge in [-0.1, -0.05) is 0 Å². The van der Waals surface area contributed by atoms with E-state index >= 15 is 0 Å². The van der Waals surface area contributed by atoms with E-state index in [1.807, 2.05) is 24.6 Å². The summed E-state index contributed by atoms with van der Waals surface area (Å²) >= 11 is 0. The number of nitrogen functional groups attached to an aromatic ring is 1. The first-order valence-corrected chi connectivity index (χ1v) is 11.7. The standard InChI is InChI=1S/C25H26FN7O2/c1-5-33-24-13-8-19(25(27)28-11-13)35-12(2)16-9-14(26)6-7-15(16)21-22(30-32(3)29-21)17-10-18(34-4)23(31-33)20(17)24/h6-9,11-12,17-18H,5,10H2,1-4H3,(H2,27,28)/t12-,17+,18?/m1/s1. The summed E-state index contributed by atoms with van der Waals surface area (Å²) in [7, 11) is 3.49. The number of nitrogens with two attached hydrogens (primary N) is 1. The summed E-state index contributed by atoms with van der Waals surface area (Å²) in [5.74, 6) is 0.219. The van der Waals surface area contributed by atoms with Gasteiger partial charge in [0.1, 0.15) is 23.7 Å². The number of benzene rings is 1. The molecule has 2 bridgehead atoms. The van der Waals surface area contributed by atoms with Crippen molar-refractivity contribution in [1.82, 2.24) is 29.8 Å². The molecule has 0 amide bonds. The van der Waals surface area contributed by atoms with Crippen LogP contribution < -0.4 is 10.5 Å². The molecule has 2 aliphatic rings. The highest BCUT2D eigenvalue weighted by molar-refractivity contribution is 5.74. The number of ether oxygens (including phenoxy) is 2. The normalized spacial score (nSPS) is 20.3. The minimum atomic E-state index is -0.518. The first-order chi connectivity index (χ1) is 16.9. The van der Waals surface area contributed by atoms with Crippen LogP contribution >= 0.6 is 0 Å². The number of fused-ring (bicyclic) bond motifs is 7. The van der Waals surface area contributed by atoms with E-state index in [1.165, 1.54) is 12.1 Å². The average molecular weight is 476 g/mol. The lowest BCUT2D eigenvalue weighted by molar-refractivity contribution is 0.0978. The van der Waals surface area contributed by atoms with E-state index in [0.29, 0.717) is 30.0 Å². The molecule has 0 saturated heterocycles. The molecule has 10 heteroatoms. The Morgan fingerprint density at radius 2 is 2.03 bits per heavy atom. The third-order valence-electron chi connectivity index (χ3n) is 6.94. The maximum Gasteiger partial charge on any atom is 0.166 e. The fraction of sp³-hybridized carbons (Fsp3) is 0.360. The summed E-state index contributed by atoms with van der Waals surface area (Å²) < 4.78 is 28.5. The Morgan fingerprint density at radius 3 is 2.80 bits per heavy atom. The van der Waals surface area contributed by atoms with Crippen LogP contribution in [0.25, 0.3) is 22.5 Å². The predicted octanol–water partition coefficient (Wildman–Crippen LogP) is 4.16. The molecule has 0 spiro atoms. The molecule has 3 atom stereocenters. The highest BCUT2D eigenvalue weighted by atomic mass is 19.1. The maximum absolute atomic E-state index is 14.4. The number of rotatable bonds is 2. The molecule has 4 heterocycles. The molecule has 35 heavy (non-hydrogen) atoms. The van der Waals surface area contributed by atoms with Crippen molar-refractivity contribution >= 4 is 5.82 Å². The molecule has 2 N–H and O–H groups in total. The quantitative estimate of drug-likeness (QED) is 0.464. The molecule has 3 aromatic heterocycles. The zero-order chi connectivity index (χ0) is 24.4. The van der Waals surface area contributed by atoms with E-state index in [9.17, 15) is 4.39 Å². The van der Waals surface area contributed by atoms with Crippen molar-refractivity contribution in [2.24, 2.45) is 7.05 Å². The van der Waals surface area contributed by atoms with Crippen molar-refractivity contribution in [2.75, 3.05) is 12.8 Å². The SMILES string of the molecule is CCn1nc2c3c1-c1cnc(N)c(c1)O[C@H](C)c1cc(F)ccc1-c1nn(C)nc1[C@H]3CC2OC. The van der Waals surface area contributed by atoms with Crippen LogP contribution in [0.3, 0.4) is 0 Å². The molecule has 1 aliphatic carbocycles. The first kappa shape index (κ1) is 21.7. The number of nitrogens with zero attached hydrogens (tertiary/aromatic N) is 6. The molecule has 0 radical (unpaired) electrons. The summed E-state index contributed by atoms with van der Waals surface area (Å²) in [5.41, 5.74) is 12.8. The third kappa shape index (κ3) is 3.23. The van der Waals surface area contributed by atoms with Gasteiger partial charge >= 0.3 is 0 Å². The lowest BCUT2D eigenvalue weighted by atomic mass is 9.90. The van der Waals surface area contributed by atoms with Crippen molar-refractivity contribution in [1.29, 1.82) is 0 Å². The zero-order valence-corrected chi connectivity index (χ0v) is 20.0. The maximum atomic E-state index is 14.4. The van der Waals surface area contributed by atoms with Gasteiger partial charge in [0.05, 0.1) is 17.1 Å². The van der Waals surface area contributed by atoms with E-state index in [2.05, 4.69) is 4.98 Å². The lowest BCUT2D eigenvalue weighted by Crippen LogP contribution is -2.11. The number of hydrogen-bond donors (Lipinski definition) is 1. The topological polar surface area (TPSA) is 106 Å². The van der Waals surface area contributed by atoms with Gasteiger partial charge in [-0.05, 0) is 44.5 Å². The Morgan fingerprint density at radius 1 is 1.20 bits per heavy atom. The highest BCUT2D eigenvalue weighted by Crippen LogP contribution is 2.51. The zero-order valence-electron chi connectivity index (χ0n) is 20.0. The van der Waals surface area contributed by atoms with Gasteiger partial charge in [0.2, 0.25) is 0 Å². The second-order valence-corrected chi connectivity index (χ2v) is 9.00. The molecule has 4 aromatic rings. The van der Waals surface area contributed by atoms with E-state index in [-0.39, 0.29) is 23.7 Å². The van der Waals surface area contributed by atoms with Gasteiger partial charge < -0.3 is 15.2 Å². The Hall–Kier alpha value is -3.79. The average Bonchev–Trinajstić information content (AvgIpc) is 3.51. The van der Waals surface area contributed by atoms with Gasteiger partial charge in [-0.2, -0.15) is 20.1 Å². The molecular weight excluding hydrogens is 449 g/mol. The van der Waals surface area contributed by atoms with Gasteiger partial charge in [0.15, 0.2) is 11.6 Å². The minimum absolute atomic E-state index is 0.122. The summed E-state index contributed by atoms with van der Waals surface area (Å²) in [6, 6.07) is 6.54. The van der Waals surface area contributed by atoms with E-state index < -0.39 is 6.10 Å². The second kappa shape index (κ2) is 7.88. The molecule has 6 rings (SSSR count). The summed E-state index contributed by atoms with van der Waals surface area (Å²) in [4.78, 5) is 5.99. The van der Waals surface area contributed by atoms with E-state index in [1.54, 1.807) is 31.2 Å². The van der Waals surface area contributed by atoms with E-state index in [0.717, 1.165) is 33.8 Å². The Bertz CT molecular complexity index is 1460. The number of aryl methyl sites for hydroxylation is 2. The van der Waals surface area contributed by atoms with Gasteiger partial charge in [-0.15, -0.1) is 0 Å². The fourth-order valence-corrected chi connectivity index (χ4v) is 5.38. The number of methoxy groups -OCH3 is 1. The number of pyridine rings is 1. The molecular formula is C25H26FN7O2. The molecule has 180 valence electrons. The van der Waals surface area contributed by atoms with E-state index in [4.69, 9.17) is 30.5 Å². The first-order valence-electron chi connectivity index (χ1n) is 11.7. The predicted molar refractivity (Wildman–Crippen MR) is 127 cm³/mol. The van der Waals surface area contributed by atoms with Crippen LogP contribution in [0.1, 0.15) is 60.9 Å². The van der Waals surface area contributed by atoms with Crippen LogP contribution in [0, 0.1) is 5.82 Å². The third-order valence-corrected chi connectivity index (χ3v) is 6.94. The summed E-state index contributed by atoms with van der Waals surface area (Å²) in [6.45, 7) is 4.58. The van der Waals surface area contributed by atoms with Crippen LogP contribution in [0.2, 0.25) is 0 Å². The van der Waals surface area contributed by atoms with Crippen molar-refractivity contribution in [3.63, 3.8) is 0 Å². The number of aromatic nitrogens is 6. The molecule has 1 unspecified atom stereocenters. The van der Waals surface area contributed by atoms with Gasteiger partial charge in [-0.25, -0.2) is 9.37 Å². The fourth-order valence-electron chi connectivity index (χ4n) is 5.38. The van der Waals surface area contributed by atoms with Crippen LogP contribution in [0.5, 0.6) is 5.75 Å². The monoisotopic (exact) mass is 475 g/mol. The molecule has 1 aliphatic heterocycles.